The van der Waals surface area contributed by atoms with E-state index in [1.165, 1.54) is 0 Å². The highest BCUT2D eigenvalue weighted by molar-refractivity contribution is 5.81. The SMILES string of the molecule is CCCCCc1cccc(C(C(=O)O)C(C)C)c1C(C(=O)O)C(C)C. The minimum atomic E-state index is -0.894. The highest BCUT2D eigenvalue weighted by Gasteiger charge is 2.34. The number of carboxylic acid groups (broad SMARTS) is 2. The van der Waals surface area contributed by atoms with E-state index in [9.17, 15) is 19.8 Å². The Labute approximate surface area is 151 Å². The van der Waals surface area contributed by atoms with Crippen LogP contribution in [0.2, 0.25) is 0 Å². The third kappa shape index (κ3) is 5.32. The zero-order valence-electron chi connectivity index (χ0n) is 16.1. The van der Waals surface area contributed by atoms with Gasteiger partial charge in [0, 0.05) is 0 Å². The summed E-state index contributed by atoms with van der Waals surface area (Å²) in [5.41, 5.74) is 2.37. The van der Waals surface area contributed by atoms with Crippen molar-refractivity contribution in [1.29, 1.82) is 0 Å². The standard InChI is InChI=1S/C21H32O4/c1-6-7-8-10-15-11-9-12-16(17(13(2)3)20(22)23)19(15)18(14(4)5)21(24)25/h9,11-14,17-18H,6-8,10H2,1-5H3,(H,22,23)(H,24,25). The summed E-state index contributed by atoms with van der Waals surface area (Å²) in [5.74, 6) is -3.37. The molecule has 1 aromatic rings. The second-order valence-electron chi connectivity index (χ2n) is 7.50. The van der Waals surface area contributed by atoms with Crippen LogP contribution < -0.4 is 0 Å². The fraction of sp³-hybridized carbons (Fsp3) is 0.619. The van der Waals surface area contributed by atoms with E-state index in [0.717, 1.165) is 36.8 Å². The van der Waals surface area contributed by atoms with Crippen molar-refractivity contribution in [3.05, 3.63) is 34.9 Å². The van der Waals surface area contributed by atoms with Gasteiger partial charge in [-0.2, -0.15) is 0 Å². The van der Waals surface area contributed by atoms with E-state index in [2.05, 4.69) is 6.92 Å². The Hall–Kier alpha value is -1.84. The Morgan fingerprint density at radius 2 is 1.48 bits per heavy atom. The molecular formula is C21H32O4. The van der Waals surface area contributed by atoms with Crippen LogP contribution in [0.5, 0.6) is 0 Å². The molecule has 25 heavy (non-hydrogen) atoms. The van der Waals surface area contributed by atoms with Crippen molar-refractivity contribution in [2.45, 2.75) is 72.1 Å². The lowest BCUT2D eigenvalue weighted by Gasteiger charge is -2.27. The fourth-order valence-electron chi connectivity index (χ4n) is 3.59. The third-order valence-corrected chi connectivity index (χ3v) is 4.79. The molecule has 0 radical (unpaired) electrons. The maximum atomic E-state index is 12.0. The molecule has 0 aliphatic carbocycles. The van der Waals surface area contributed by atoms with Crippen LogP contribution in [0, 0.1) is 11.8 Å². The highest BCUT2D eigenvalue weighted by atomic mass is 16.4. The van der Waals surface area contributed by atoms with Gasteiger partial charge in [-0.05, 0) is 41.4 Å². The summed E-state index contributed by atoms with van der Waals surface area (Å²) in [7, 11) is 0. The molecule has 0 aliphatic heterocycles. The summed E-state index contributed by atoms with van der Waals surface area (Å²) in [6.07, 6.45) is 3.94. The van der Waals surface area contributed by atoms with Crippen LogP contribution in [0.15, 0.2) is 18.2 Å². The first-order valence-corrected chi connectivity index (χ1v) is 9.29. The first-order valence-electron chi connectivity index (χ1n) is 9.29. The maximum absolute atomic E-state index is 12.0. The number of unbranched alkanes of at least 4 members (excludes halogenated alkanes) is 2. The summed E-state index contributed by atoms with van der Waals surface area (Å²) in [4.78, 5) is 23.9. The predicted octanol–water partition coefficient (Wildman–Crippen LogP) is 5.07. The molecule has 0 fully saturated rings. The number of hydrogen-bond acceptors (Lipinski definition) is 2. The van der Waals surface area contributed by atoms with Crippen molar-refractivity contribution in [2.75, 3.05) is 0 Å². The Bertz CT molecular complexity index is 590. The minimum absolute atomic E-state index is 0.106. The van der Waals surface area contributed by atoms with Gasteiger partial charge in [0.05, 0.1) is 11.8 Å². The molecule has 0 saturated heterocycles. The number of aryl methyl sites for hydroxylation is 1. The lowest BCUT2D eigenvalue weighted by atomic mass is 9.76. The second-order valence-corrected chi connectivity index (χ2v) is 7.50. The second kappa shape index (κ2) is 9.59. The first-order chi connectivity index (χ1) is 11.7. The summed E-state index contributed by atoms with van der Waals surface area (Å²) >= 11 is 0. The van der Waals surface area contributed by atoms with Crippen LogP contribution >= 0.6 is 0 Å². The van der Waals surface area contributed by atoms with Crippen LogP contribution in [0.3, 0.4) is 0 Å². The normalized spacial score (nSPS) is 13.9. The third-order valence-electron chi connectivity index (χ3n) is 4.79. The smallest absolute Gasteiger partial charge is 0.311 e. The lowest BCUT2D eigenvalue weighted by Crippen LogP contribution is -2.25. The number of hydrogen-bond donors (Lipinski definition) is 2. The Morgan fingerprint density at radius 3 is 1.92 bits per heavy atom. The van der Waals surface area contributed by atoms with Crippen LogP contribution in [0.4, 0.5) is 0 Å². The van der Waals surface area contributed by atoms with Crippen molar-refractivity contribution in [2.24, 2.45) is 11.8 Å². The monoisotopic (exact) mass is 348 g/mol. The molecule has 0 bridgehead atoms. The molecule has 1 aromatic carbocycles. The van der Waals surface area contributed by atoms with E-state index < -0.39 is 23.8 Å². The van der Waals surface area contributed by atoms with Gasteiger partial charge in [-0.1, -0.05) is 65.7 Å². The molecule has 0 amide bonds. The number of benzene rings is 1. The van der Waals surface area contributed by atoms with E-state index in [-0.39, 0.29) is 11.8 Å². The first kappa shape index (κ1) is 21.2. The Morgan fingerprint density at radius 1 is 0.920 bits per heavy atom. The van der Waals surface area contributed by atoms with Crippen molar-refractivity contribution < 1.29 is 19.8 Å². The highest BCUT2D eigenvalue weighted by Crippen LogP contribution is 2.37. The molecule has 0 aliphatic rings. The zero-order valence-corrected chi connectivity index (χ0v) is 16.1. The van der Waals surface area contributed by atoms with E-state index in [0.29, 0.717) is 5.56 Å². The molecule has 4 nitrogen and oxygen atoms in total. The molecule has 4 heteroatoms. The minimum Gasteiger partial charge on any atom is -0.481 e. The fourth-order valence-corrected chi connectivity index (χ4v) is 3.59. The summed E-state index contributed by atoms with van der Waals surface area (Å²) < 4.78 is 0. The number of rotatable bonds is 10. The summed E-state index contributed by atoms with van der Waals surface area (Å²) in [5, 5.41) is 19.6. The van der Waals surface area contributed by atoms with Crippen molar-refractivity contribution in [3.63, 3.8) is 0 Å². The van der Waals surface area contributed by atoms with Crippen molar-refractivity contribution >= 4 is 11.9 Å². The van der Waals surface area contributed by atoms with E-state index >= 15 is 0 Å². The molecule has 1 rings (SSSR count). The topological polar surface area (TPSA) is 74.6 Å². The molecule has 0 saturated carbocycles. The molecule has 0 aromatic heterocycles. The molecule has 2 unspecified atom stereocenters. The number of aliphatic carboxylic acids is 2. The average molecular weight is 348 g/mol. The average Bonchev–Trinajstić information content (AvgIpc) is 2.48. The van der Waals surface area contributed by atoms with Crippen LogP contribution in [-0.2, 0) is 16.0 Å². The van der Waals surface area contributed by atoms with Crippen LogP contribution in [0.1, 0.15) is 82.4 Å². The van der Waals surface area contributed by atoms with Gasteiger partial charge in [0.2, 0.25) is 0 Å². The van der Waals surface area contributed by atoms with E-state index in [1.807, 2.05) is 39.8 Å². The van der Waals surface area contributed by atoms with Crippen molar-refractivity contribution in [1.82, 2.24) is 0 Å². The van der Waals surface area contributed by atoms with E-state index in [4.69, 9.17) is 0 Å². The van der Waals surface area contributed by atoms with Gasteiger partial charge in [0.15, 0.2) is 0 Å². The van der Waals surface area contributed by atoms with Crippen molar-refractivity contribution in [3.8, 4) is 0 Å². The van der Waals surface area contributed by atoms with E-state index in [1.54, 1.807) is 6.07 Å². The number of carbonyl (C=O) groups is 2. The zero-order chi connectivity index (χ0) is 19.1. The van der Waals surface area contributed by atoms with Gasteiger partial charge in [0.1, 0.15) is 0 Å². The van der Waals surface area contributed by atoms with Gasteiger partial charge >= 0.3 is 11.9 Å². The van der Waals surface area contributed by atoms with Gasteiger partial charge in [0.25, 0.3) is 0 Å². The van der Waals surface area contributed by atoms with Gasteiger partial charge in [-0.3, -0.25) is 9.59 Å². The van der Waals surface area contributed by atoms with Crippen LogP contribution in [-0.4, -0.2) is 22.2 Å². The molecule has 2 atom stereocenters. The Balaban J connectivity index is 3.57. The summed E-state index contributed by atoms with van der Waals surface area (Å²) in [6, 6.07) is 5.64. The molecule has 0 spiro atoms. The predicted molar refractivity (Wildman–Crippen MR) is 100 cm³/mol. The summed E-state index contributed by atoms with van der Waals surface area (Å²) in [6.45, 7) is 9.65. The van der Waals surface area contributed by atoms with Crippen LogP contribution in [0.25, 0.3) is 0 Å². The molecular weight excluding hydrogens is 316 g/mol. The molecule has 2 N–H and O–H groups in total. The van der Waals surface area contributed by atoms with Gasteiger partial charge in [-0.25, -0.2) is 0 Å². The van der Waals surface area contributed by atoms with Gasteiger partial charge in [-0.15, -0.1) is 0 Å². The quantitative estimate of drug-likeness (QED) is 0.579. The Kier molecular flexibility index (Phi) is 8.14. The van der Waals surface area contributed by atoms with Gasteiger partial charge < -0.3 is 10.2 Å². The molecule has 0 heterocycles. The largest absolute Gasteiger partial charge is 0.481 e. The number of carboxylic acids is 2. The molecule has 140 valence electrons. The maximum Gasteiger partial charge on any atom is 0.311 e. The lowest BCUT2D eigenvalue weighted by molar-refractivity contribution is -0.141.